The Labute approximate surface area is 73.2 Å². The summed E-state index contributed by atoms with van der Waals surface area (Å²) >= 11 is 4.98. The van der Waals surface area contributed by atoms with Gasteiger partial charge in [-0.25, -0.2) is 0 Å². The van der Waals surface area contributed by atoms with Crippen molar-refractivity contribution >= 4 is 38.8 Å². The molecule has 0 bridgehead atoms. The topological polar surface area (TPSA) is 12.4 Å². The normalized spacial score (nSPS) is 14.9. The van der Waals surface area contributed by atoms with Gasteiger partial charge in [0.2, 0.25) is 0 Å². The standard InChI is InChI=1S/C7H5NPS2/c10-9-11-5-8-6-3-1-2-4-7(6)11/h1-5H/q-1. The second kappa shape index (κ2) is 3.10. The fourth-order valence-electron chi connectivity index (χ4n) is 0.964. The monoisotopic (exact) mass is 198 g/mol. The first-order chi connectivity index (χ1) is 5.42. The van der Waals surface area contributed by atoms with Crippen molar-refractivity contribution in [2.24, 2.45) is 4.99 Å². The molecule has 0 saturated carbocycles. The van der Waals surface area contributed by atoms with Crippen LogP contribution in [0.25, 0.3) is 0 Å². The Hall–Kier alpha value is -0.110. The zero-order valence-corrected chi connectivity index (χ0v) is 8.13. The summed E-state index contributed by atoms with van der Waals surface area (Å²) < 4.78 is 0. The van der Waals surface area contributed by atoms with E-state index in [9.17, 15) is 0 Å². The van der Waals surface area contributed by atoms with Crippen molar-refractivity contribution in [2.45, 2.75) is 4.90 Å². The molecule has 0 aliphatic carbocycles. The Bertz CT molecular complexity index is 443. The van der Waals surface area contributed by atoms with Crippen molar-refractivity contribution in [1.29, 1.82) is 0 Å². The van der Waals surface area contributed by atoms with Gasteiger partial charge in [-0.3, -0.25) is 0 Å². The third-order valence-electron chi connectivity index (χ3n) is 1.46. The van der Waals surface area contributed by atoms with E-state index in [-0.39, 0.29) is 9.87 Å². The molecule has 1 aliphatic heterocycles. The zero-order chi connectivity index (χ0) is 7.68. The molecule has 1 heterocycles. The van der Waals surface area contributed by atoms with Gasteiger partial charge in [0.15, 0.2) is 0 Å². The Balaban J connectivity index is 2.79. The molecule has 0 aromatic heterocycles. The quantitative estimate of drug-likeness (QED) is 0.461. The summed E-state index contributed by atoms with van der Waals surface area (Å²) in [6.07, 6.45) is 0. The van der Waals surface area contributed by atoms with Crippen LogP contribution in [0.5, 0.6) is 0 Å². The average molecular weight is 198 g/mol. The van der Waals surface area contributed by atoms with Crippen molar-refractivity contribution in [3.05, 3.63) is 24.3 Å². The van der Waals surface area contributed by atoms with Crippen molar-refractivity contribution in [3.63, 3.8) is 0 Å². The molecule has 0 unspecified atom stereocenters. The SMILES string of the molecule is S=P#[S-]1C=Nc2ccccc21. The summed E-state index contributed by atoms with van der Waals surface area (Å²) in [5.41, 5.74) is 3.05. The summed E-state index contributed by atoms with van der Waals surface area (Å²) in [6, 6.07) is 8.17. The molecule has 1 nitrogen and oxygen atoms in total. The van der Waals surface area contributed by atoms with Crippen molar-refractivity contribution in [3.8, 4) is 0 Å². The molecule has 1 aromatic carbocycles. The molecule has 0 fully saturated rings. The molecule has 56 valence electrons. The molecule has 0 spiro atoms. The zero-order valence-electron chi connectivity index (χ0n) is 5.60. The van der Waals surface area contributed by atoms with Crippen LogP contribution >= 0.6 is 5.93 Å². The Morgan fingerprint density at radius 2 is 2.18 bits per heavy atom. The van der Waals surface area contributed by atoms with Crippen LogP contribution in [-0.4, -0.2) is 5.55 Å². The van der Waals surface area contributed by atoms with E-state index < -0.39 is 0 Å². The molecule has 0 saturated heterocycles. The summed E-state index contributed by atoms with van der Waals surface area (Å²) in [7, 11) is 0.0862. The van der Waals surface area contributed by atoms with Gasteiger partial charge >= 0.3 is 73.0 Å². The van der Waals surface area contributed by atoms with E-state index >= 15 is 0 Å². The maximum absolute atomic E-state index is 4.98. The van der Waals surface area contributed by atoms with Crippen LogP contribution in [0.3, 0.4) is 0 Å². The number of nitrogens with zero attached hydrogens (tertiary/aromatic N) is 1. The number of hydrogen-bond donors (Lipinski definition) is 0. The van der Waals surface area contributed by atoms with Crippen molar-refractivity contribution in [2.75, 3.05) is 0 Å². The molecule has 0 amide bonds. The van der Waals surface area contributed by atoms with Gasteiger partial charge < -0.3 is 0 Å². The van der Waals surface area contributed by atoms with E-state index in [1.54, 1.807) is 0 Å². The van der Waals surface area contributed by atoms with Crippen LogP contribution in [0.15, 0.2) is 34.2 Å². The minimum atomic E-state index is 0.0862. The molecule has 1 aliphatic rings. The van der Waals surface area contributed by atoms with Gasteiger partial charge in [-0.2, -0.15) is 0 Å². The van der Waals surface area contributed by atoms with Crippen LogP contribution in [0.2, 0.25) is 0 Å². The summed E-state index contributed by atoms with van der Waals surface area (Å²) in [6.45, 7) is 0. The van der Waals surface area contributed by atoms with E-state index in [0.717, 1.165) is 11.6 Å². The second-order valence-corrected chi connectivity index (χ2v) is 6.49. The molecule has 4 heteroatoms. The predicted octanol–water partition coefficient (Wildman–Crippen LogP) is 2.66. The number of para-hydroxylation sites is 1. The molecular formula is C7H5NPS2-. The average Bonchev–Trinajstić information content (AvgIpc) is 2.47. The molecule has 1 aromatic rings. The van der Waals surface area contributed by atoms with Crippen LogP contribution < -0.4 is 0 Å². The van der Waals surface area contributed by atoms with Gasteiger partial charge in [0, 0.05) is 0 Å². The van der Waals surface area contributed by atoms with E-state index in [1.807, 2.05) is 23.7 Å². The third kappa shape index (κ3) is 1.28. The number of rotatable bonds is 0. The van der Waals surface area contributed by atoms with E-state index in [0.29, 0.717) is 0 Å². The Morgan fingerprint density at radius 1 is 1.36 bits per heavy atom. The van der Waals surface area contributed by atoms with Crippen LogP contribution in [0.4, 0.5) is 5.69 Å². The van der Waals surface area contributed by atoms with Crippen LogP contribution in [0.1, 0.15) is 0 Å². The van der Waals surface area contributed by atoms with Gasteiger partial charge in [0.1, 0.15) is 0 Å². The molecule has 0 radical (unpaired) electrons. The number of aliphatic imine (C=N–C) groups is 1. The van der Waals surface area contributed by atoms with E-state index in [1.165, 1.54) is 4.90 Å². The van der Waals surface area contributed by atoms with Crippen LogP contribution in [-0.2, 0) is 21.7 Å². The van der Waals surface area contributed by atoms with Gasteiger partial charge in [0.25, 0.3) is 0 Å². The molecule has 0 N–H and O–H groups in total. The van der Waals surface area contributed by atoms with Crippen LogP contribution in [0, 0.1) is 0 Å². The number of benzene rings is 1. The number of fused-ring (bicyclic) bond motifs is 1. The maximum atomic E-state index is 4.98. The summed E-state index contributed by atoms with van der Waals surface area (Å²) in [5, 5.41) is 0. The van der Waals surface area contributed by atoms with Gasteiger partial charge in [-0.05, 0) is 0 Å². The third-order valence-corrected chi connectivity index (χ3v) is 5.52. The molecule has 2 rings (SSSR count). The van der Waals surface area contributed by atoms with Crippen molar-refractivity contribution in [1.82, 2.24) is 0 Å². The fraction of sp³-hybridized carbons (Fsp3) is 0. The predicted molar refractivity (Wildman–Crippen MR) is 54.5 cm³/mol. The molecular weight excluding hydrogens is 193 g/mol. The number of hydrogen-bond acceptors (Lipinski definition) is 3. The van der Waals surface area contributed by atoms with E-state index in [2.05, 4.69) is 11.1 Å². The first-order valence-electron chi connectivity index (χ1n) is 3.11. The van der Waals surface area contributed by atoms with Gasteiger partial charge in [0.05, 0.1) is 0 Å². The molecule has 0 atom stereocenters. The second-order valence-electron chi connectivity index (χ2n) is 2.09. The Kier molecular flexibility index (Phi) is 2.12. The van der Waals surface area contributed by atoms with E-state index in [4.69, 9.17) is 11.8 Å². The summed E-state index contributed by atoms with van der Waals surface area (Å²) in [4.78, 5) is 5.56. The Morgan fingerprint density at radius 3 is 3.00 bits per heavy atom. The fourth-order valence-corrected chi connectivity index (χ4v) is 3.99. The van der Waals surface area contributed by atoms with Gasteiger partial charge in [-0.15, -0.1) is 0 Å². The van der Waals surface area contributed by atoms with Crippen molar-refractivity contribution < 1.29 is 0 Å². The minimum absolute atomic E-state index is 0.0862. The summed E-state index contributed by atoms with van der Waals surface area (Å²) in [5.74, 6) is 0.989. The first kappa shape index (κ1) is 7.53. The van der Waals surface area contributed by atoms with Gasteiger partial charge in [-0.1, -0.05) is 0 Å². The molecule has 11 heavy (non-hydrogen) atoms. The first-order valence-corrected chi connectivity index (χ1v) is 6.91.